The average molecular weight is 523 g/mol. The van der Waals surface area contributed by atoms with Crippen LogP contribution in [0, 0.1) is 11.5 Å². The standard InChI is InChI=1S/C18H13BrClN7O3S/c1-31(30,24-9-21)10-4-5-13(11(7-10)16(22)28)25-18(29)14-8-15(19)26-27(14)17-12(20)3-2-6-23-17/h2-8H,1H3,(H2,22,28)(H,25,29). The monoisotopic (exact) mass is 521 g/mol. The van der Waals surface area contributed by atoms with E-state index in [1.807, 2.05) is 0 Å². The van der Waals surface area contributed by atoms with Crippen LogP contribution in [0.3, 0.4) is 0 Å². The molecule has 0 aliphatic rings. The highest BCUT2D eigenvalue weighted by Crippen LogP contribution is 2.25. The Bertz CT molecular complexity index is 1370. The minimum absolute atomic E-state index is 0.0735. The summed E-state index contributed by atoms with van der Waals surface area (Å²) < 4.78 is 17.5. The summed E-state index contributed by atoms with van der Waals surface area (Å²) in [5.41, 5.74) is 5.47. The first-order chi connectivity index (χ1) is 14.6. The first-order valence-corrected chi connectivity index (χ1v) is 11.5. The molecule has 1 unspecified atom stereocenters. The molecule has 0 bridgehead atoms. The van der Waals surface area contributed by atoms with Crippen LogP contribution in [0.1, 0.15) is 20.8 Å². The van der Waals surface area contributed by atoms with Gasteiger partial charge in [-0.15, -0.1) is 4.36 Å². The number of rotatable bonds is 5. The predicted molar refractivity (Wildman–Crippen MR) is 117 cm³/mol. The molecule has 1 atom stereocenters. The molecule has 2 aromatic heterocycles. The van der Waals surface area contributed by atoms with E-state index in [0.717, 1.165) is 0 Å². The predicted octanol–water partition coefficient (Wildman–Crippen LogP) is 2.97. The number of nitrogens with two attached hydrogens (primary N) is 1. The summed E-state index contributed by atoms with van der Waals surface area (Å²) in [5, 5.41) is 15.7. The molecule has 0 spiro atoms. The quantitative estimate of drug-likeness (QED) is 0.491. The second kappa shape index (κ2) is 8.84. The molecule has 158 valence electrons. The van der Waals surface area contributed by atoms with Crippen LogP contribution in [0.5, 0.6) is 0 Å². The van der Waals surface area contributed by atoms with Gasteiger partial charge >= 0.3 is 0 Å². The second-order valence-corrected chi connectivity index (χ2v) is 9.57. The average Bonchev–Trinajstić information content (AvgIpc) is 3.10. The van der Waals surface area contributed by atoms with Crippen molar-refractivity contribution in [1.82, 2.24) is 14.8 Å². The molecule has 0 aliphatic carbocycles. The summed E-state index contributed by atoms with van der Waals surface area (Å²) in [6.45, 7) is 0. The van der Waals surface area contributed by atoms with E-state index in [1.54, 1.807) is 12.1 Å². The van der Waals surface area contributed by atoms with Gasteiger partial charge in [-0.25, -0.2) is 13.9 Å². The molecule has 3 N–H and O–H groups in total. The summed E-state index contributed by atoms with van der Waals surface area (Å²) in [5.74, 6) is -1.27. The van der Waals surface area contributed by atoms with E-state index < -0.39 is 21.5 Å². The van der Waals surface area contributed by atoms with Gasteiger partial charge in [-0.3, -0.25) is 9.59 Å². The lowest BCUT2D eigenvalue weighted by atomic mass is 10.1. The molecule has 0 aliphatic heterocycles. The van der Waals surface area contributed by atoms with Crippen molar-refractivity contribution in [3.8, 4) is 12.0 Å². The lowest BCUT2D eigenvalue weighted by Crippen LogP contribution is -2.21. The number of nitrogens with one attached hydrogen (secondary N) is 1. The van der Waals surface area contributed by atoms with E-state index in [1.165, 1.54) is 47.6 Å². The fourth-order valence-corrected chi connectivity index (χ4v) is 4.09. The van der Waals surface area contributed by atoms with Gasteiger partial charge in [-0.1, -0.05) is 11.6 Å². The zero-order chi connectivity index (χ0) is 22.8. The van der Waals surface area contributed by atoms with Crippen molar-refractivity contribution >= 4 is 54.8 Å². The third-order valence-corrected chi connectivity index (χ3v) is 6.25. The van der Waals surface area contributed by atoms with Gasteiger partial charge in [0, 0.05) is 23.4 Å². The smallest absolute Gasteiger partial charge is 0.274 e. The van der Waals surface area contributed by atoms with Gasteiger partial charge in [0.1, 0.15) is 10.3 Å². The maximum Gasteiger partial charge on any atom is 0.274 e. The van der Waals surface area contributed by atoms with E-state index in [9.17, 15) is 13.8 Å². The van der Waals surface area contributed by atoms with Crippen molar-refractivity contribution in [3.05, 3.63) is 63.5 Å². The van der Waals surface area contributed by atoms with E-state index in [0.29, 0.717) is 4.60 Å². The first-order valence-electron chi connectivity index (χ1n) is 8.36. The number of carbonyl (C=O) groups is 2. The molecular formula is C18H13BrClN7O3S. The third-order valence-electron chi connectivity index (χ3n) is 4.01. The minimum atomic E-state index is -3.06. The second-order valence-electron chi connectivity index (χ2n) is 6.09. The molecular weight excluding hydrogens is 510 g/mol. The number of nitriles is 1. The molecule has 0 radical (unpaired) electrons. The van der Waals surface area contributed by atoms with Crippen LogP contribution in [-0.2, 0) is 9.73 Å². The number of benzene rings is 1. The number of halogens is 2. The molecule has 0 saturated carbocycles. The van der Waals surface area contributed by atoms with E-state index in [2.05, 4.69) is 35.7 Å². The van der Waals surface area contributed by atoms with Gasteiger partial charge in [0.05, 0.1) is 26.0 Å². The maximum atomic E-state index is 13.0. The Kier molecular flexibility index (Phi) is 6.40. The molecule has 2 heterocycles. The highest BCUT2D eigenvalue weighted by molar-refractivity contribution is 9.10. The molecule has 1 aromatic carbocycles. The first kappa shape index (κ1) is 22.4. The van der Waals surface area contributed by atoms with Crippen molar-refractivity contribution in [2.24, 2.45) is 10.1 Å². The topological polar surface area (TPSA) is 156 Å². The molecule has 0 fully saturated rings. The molecule has 10 nitrogen and oxygen atoms in total. The highest BCUT2D eigenvalue weighted by atomic mass is 79.9. The van der Waals surface area contributed by atoms with Crippen molar-refractivity contribution < 1.29 is 13.8 Å². The van der Waals surface area contributed by atoms with Gasteiger partial charge in [0.25, 0.3) is 11.8 Å². The van der Waals surface area contributed by atoms with Crippen molar-refractivity contribution in [1.29, 1.82) is 5.26 Å². The van der Waals surface area contributed by atoms with E-state index >= 15 is 0 Å². The number of hydrogen-bond donors (Lipinski definition) is 2. The number of anilines is 1. The van der Waals surface area contributed by atoms with Crippen LogP contribution in [0.15, 0.2) is 56.5 Å². The summed E-state index contributed by atoms with van der Waals surface area (Å²) in [6.07, 6.45) is 4.23. The van der Waals surface area contributed by atoms with Gasteiger partial charge < -0.3 is 11.1 Å². The Morgan fingerprint density at radius 1 is 1.35 bits per heavy atom. The zero-order valence-corrected chi connectivity index (χ0v) is 18.9. The molecule has 2 amide bonds. The van der Waals surface area contributed by atoms with Crippen LogP contribution in [0.25, 0.3) is 5.82 Å². The SMILES string of the molecule is CS(=O)(=NC#N)c1ccc(NC(=O)c2cc(Br)nn2-c2ncccc2Cl)c(C(N)=O)c1. The van der Waals surface area contributed by atoms with Gasteiger partial charge in [-0.05, 0) is 46.3 Å². The third kappa shape index (κ3) is 4.74. The Balaban J connectivity index is 2.03. The lowest BCUT2D eigenvalue weighted by Gasteiger charge is -2.12. The van der Waals surface area contributed by atoms with Gasteiger partial charge in [0.2, 0.25) is 6.19 Å². The Labute approximate surface area is 190 Å². The number of nitrogens with zero attached hydrogens (tertiary/aromatic N) is 5. The summed E-state index contributed by atoms with van der Waals surface area (Å²) in [7, 11) is -3.06. The van der Waals surface area contributed by atoms with Crippen LogP contribution in [0.2, 0.25) is 5.02 Å². The number of amides is 2. The van der Waals surface area contributed by atoms with Crippen LogP contribution in [0.4, 0.5) is 5.69 Å². The van der Waals surface area contributed by atoms with Gasteiger partial charge in [-0.2, -0.15) is 10.4 Å². The summed E-state index contributed by atoms with van der Waals surface area (Å²) >= 11 is 9.38. The number of carbonyl (C=O) groups excluding carboxylic acids is 2. The molecule has 13 heteroatoms. The number of hydrogen-bond acceptors (Lipinski definition) is 7. The van der Waals surface area contributed by atoms with E-state index in [4.69, 9.17) is 22.6 Å². The number of primary amides is 1. The Hall–Kier alpha value is -3.27. The van der Waals surface area contributed by atoms with Crippen LogP contribution < -0.4 is 11.1 Å². The fraction of sp³-hybridized carbons (Fsp3) is 0.0556. The minimum Gasteiger partial charge on any atom is -0.366 e. The Morgan fingerprint density at radius 3 is 2.74 bits per heavy atom. The normalized spacial score (nSPS) is 12.5. The largest absolute Gasteiger partial charge is 0.366 e. The van der Waals surface area contributed by atoms with Crippen molar-refractivity contribution in [3.63, 3.8) is 0 Å². The van der Waals surface area contributed by atoms with Crippen molar-refractivity contribution in [2.45, 2.75) is 4.90 Å². The summed E-state index contributed by atoms with van der Waals surface area (Å²) in [4.78, 5) is 29.2. The molecule has 31 heavy (non-hydrogen) atoms. The van der Waals surface area contributed by atoms with E-state index in [-0.39, 0.29) is 32.7 Å². The van der Waals surface area contributed by atoms with Crippen LogP contribution >= 0.6 is 27.5 Å². The Morgan fingerprint density at radius 2 is 2.10 bits per heavy atom. The molecule has 3 aromatic rings. The molecule has 3 rings (SSSR count). The zero-order valence-electron chi connectivity index (χ0n) is 15.7. The van der Waals surface area contributed by atoms with Crippen LogP contribution in [-0.4, -0.2) is 37.0 Å². The number of aromatic nitrogens is 3. The van der Waals surface area contributed by atoms with Crippen molar-refractivity contribution in [2.75, 3.05) is 11.6 Å². The van der Waals surface area contributed by atoms with Gasteiger partial charge in [0.15, 0.2) is 5.82 Å². The highest BCUT2D eigenvalue weighted by Gasteiger charge is 2.21. The fourth-order valence-electron chi connectivity index (χ4n) is 2.60. The maximum absolute atomic E-state index is 13.0. The summed E-state index contributed by atoms with van der Waals surface area (Å²) in [6, 6.07) is 8.64. The molecule has 0 saturated heterocycles. The lowest BCUT2D eigenvalue weighted by molar-refractivity contribution is 0.100. The number of pyridine rings is 1.